The standard InChI is InChI=1S/C10H14N2O2S4/c1-7-6-16-5-4-12(7)18(13,14)9-3-2-8(17-9)10(11)15/h2-3,7H,4-6H2,1H3,(H2,11,15). The second-order valence-electron chi connectivity index (χ2n) is 4.02. The fourth-order valence-corrected chi connectivity index (χ4v) is 6.11. The SMILES string of the molecule is CC1CSCCN1S(=O)(=O)c1ccc(C(N)=S)s1. The summed E-state index contributed by atoms with van der Waals surface area (Å²) in [5.74, 6) is 1.68. The van der Waals surface area contributed by atoms with Gasteiger partial charge in [-0.3, -0.25) is 0 Å². The van der Waals surface area contributed by atoms with Crippen LogP contribution in [0.2, 0.25) is 0 Å². The Hall–Kier alpha value is -0.150. The zero-order valence-electron chi connectivity index (χ0n) is 9.83. The summed E-state index contributed by atoms with van der Waals surface area (Å²) < 4.78 is 26.8. The lowest BCUT2D eigenvalue weighted by atomic mass is 10.4. The molecule has 0 aromatic carbocycles. The molecule has 2 heterocycles. The molecule has 0 bridgehead atoms. The third-order valence-electron chi connectivity index (χ3n) is 2.69. The summed E-state index contributed by atoms with van der Waals surface area (Å²) in [6.07, 6.45) is 0. The molecule has 2 N–H and O–H groups in total. The van der Waals surface area contributed by atoms with Crippen LogP contribution in [0.3, 0.4) is 0 Å². The van der Waals surface area contributed by atoms with Crippen LogP contribution in [0.5, 0.6) is 0 Å². The van der Waals surface area contributed by atoms with E-state index in [4.69, 9.17) is 18.0 Å². The van der Waals surface area contributed by atoms with Crippen LogP contribution in [0, 0.1) is 0 Å². The summed E-state index contributed by atoms with van der Waals surface area (Å²) in [6, 6.07) is 3.29. The summed E-state index contributed by atoms with van der Waals surface area (Å²) in [4.78, 5) is 0.881. The van der Waals surface area contributed by atoms with E-state index >= 15 is 0 Å². The van der Waals surface area contributed by atoms with Crippen LogP contribution < -0.4 is 5.73 Å². The third kappa shape index (κ3) is 2.72. The fourth-order valence-electron chi connectivity index (χ4n) is 1.78. The van der Waals surface area contributed by atoms with E-state index < -0.39 is 10.0 Å². The minimum Gasteiger partial charge on any atom is -0.389 e. The molecule has 1 aromatic rings. The van der Waals surface area contributed by atoms with E-state index in [2.05, 4.69) is 0 Å². The average molecular weight is 323 g/mol. The first kappa shape index (κ1) is 14.3. The summed E-state index contributed by atoms with van der Waals surface area (Å²) in [7, 11) is -3.40. The smallest absolute Gasteiger partial charge is 0.252 e. The van der Waals surface area contributed by atoms with Crippen molar-refractivity contribution < 1.29 is 8.42 Å². The van der Waals surface area contributed by atoms with Crippen molar-refractivity contribution in [3.8, 4) is 0 Å². The van der Waals surface area contributed by atoms with Crippen molar-refractivity contribution in [3.63, 3.8) is 0 Å². The van der Waals surface area contributed by atoms with Crippen molar-refractivity contribution >= 4 is 50.3 Å². The number of rotatable bonds is 3. The fraction of sp³-hybridized carbons (Fsp3) is 0.500. The molecule has 100 valence electrons. The van der Waals surface area contributed by atoms with Crippen molar-refractivity contribution in [1.82, 2.24) is 4.31 Å². The molecule has 4 nitrogen and oxygen atoms in total. The number of hydrogen-bond acceptors (Lipinski definition) is 5. The van der Waals surface area contributed by atoms with Gasteiger partial charge in [-0.2, -0.15) is 16.1 Å². The largest absolute Gasteiger partial charge is 0.389 e. The molecule has 1 aliphatic heterocycles. The number of thiocarbonyl (C=S) groups is 1. The molecule has 1 atom stereocenters. The van der Waals surface area contributed by atoms with Gasteiger partial charge < -0.3 is 5.73 Å². The maximum absolute atomic E-state index is 12.5. The zero-order chi connectivity index (χ0) is 13.3. The normalized spacial score (nSPS) is 21.9. The lowest BCUT2D eigenvalue weighted by Gasteiger charge is -2.31. The van der Waals surface area contributed by atoms with Crippen molar-refractivity contribution in [1.29, 1.82) is 0 Å². The van der Waals surface area contributed by atoms with E-state index in [1.807, 2.05) is 6.92 Å². The Morgan fingerprint density at radius 3 is 2.83 bits per heavy atom. The van der Waals surface area contributed by atoms with Gasteiger partial charge in [-0.05, 0) is 19.1 Å². The Balaban J connectivity index is 2.31. The van der Waals surface area contributed by atoms with Gasteiger partial charge in [-0.25, -0.2) is 8.42 Å². The number of thiophene rings is 1. The van der Waals surface area contributed by atoms with E-state index in [1.54, 1.807) is 28.2 Å². The van der Waals surface area contributed by atoms with Crippen LogP contribution in [0.1, 0.15) is 11.8 Å². The minimum absolute atomic E-state index is 0.0316. The number of sulfonamides is 1. The second-order valence-corrected chi connectivity index (χ2v) is 8.81. The van der Waals surface area contributed by atoms with Gasteiger partial charge in [0.2, 0.25) is 0 Å². The second kappa shape index (κ2) is 5.46. The first-order chi connectivity index (χ1) is 8.43. The van der Waals surface area contributed by atoms with Gasteiger partial charge in [0.25, 0.3) is 10.0 Å². The maximum Gasteiger partial charge on any atom is 0.252 e. The lowest BCUT2D eigenvalue weighted by Crippen LogP contribution is -2.44. The first-order valence-corrected chi connectivity index (χ1v) is 9.24. The van der Waals surface area contributed by atoms with Crippen molar-refractivity contribution in [3.05, 3.63) is 17.0 Å². The van der Waals surface area contributed by atoms with Gasteiger partial charge in [0.15, 0.2) is 0 Å². The molecule has 18 heavy (non-hydrogen) atoms. The molecule has 1 aliphatic rings. The molecule has 0 aliphatic carbocycles. The Kier molecular flexibility index (Phi) is 4.32. The van der Waals surface area contributed by atoms with Crippen LogP contribution in [0.15, 0.2) is 16.3 Å². The topological polar surface area (TPSA) is 63.4 Å². The van der Waals surface area contributed by atoms with Crippen LogP contribution in [0.4, 0.5) is 0 Å². The Labute approximate surface area is 121 Å². The molecule has 2 rings (SSSR count). The van der Waals surface area contributed by atoms with Gasteiger partial charge in [-0.1, -0.05) is 12.2 Å². The highest BCUT2D eigenvalue weighted by Gasteiger charge is 2.32. The quantitative estimate of drug-likeness (QED) is 0.855. The van der Waals surface area contributed by atoms with Gasteiger partial charge >= 0.3 is 0 Å². The predicted octanol–water partition coefficient (Wildman–Crippen LogP) is 1.51. The molecule has 0 radical (unpaired) electrons. The molecule has 0 spiro atoms. The van der Waals surface area contributed by atoms with E-state index in [0.29, 0.717) is 15.6 Å². The van der Waals surface area contributed by atoms with E-state index in [1.165, 1.54) is 0 Å². The molecule has 0 amide bonds. The van der Waals surface area contributed by atoms with Gasteiger partial charge in [0, 0.05) is 24.1 Å². The Morgan fingerprint density at radius 1 is 1.56 bits per heavy atom. The van der Waals surface area contributed by atoms with Crippen LogP contribution >= 0.6 is 35.3 Å². The number of hydrogen-bond donors (Lipinski definition) is 1. The summed E-state index contributed by atoms with van der Waals surface area (Å²) in [5.41, 5.74) is 5.51. The summed E-state index contributed by atoms with van der Waals surface area (Å²) in [6.45, 7) is 2.50. The predicted molar refractivity (Wildman–Crippen MR) is 80.9 cm³/mol. The highest BCUT2D eigenvalue weighted by Crippen LogP contribution is 2.29. The molecule has 1 saturated heterocycles. The van der Waals surface area contributed by atoms with E-state index in [-0.39, 0.29) is 11.0 Å². The number of nitrogens with zero attached hydrogens (tertiary/aromatic N) is 1. The van der Waals surface area contributed by atoms with Crippen LogP contribution in [0.25, 0.3) is 0 Å². The Morgan fingerprint density at radius 2 is 2.28 bits per heavy atom. The molecular formula is C10H14N2O2S4. The van der Waals surface area contributed by atoms with Crippen molar-refractivity contribution in [2.24, 2.45) is 5.73 Å². The highest BCUT2D eigenvalue weighted by atomic mass is 32.2. The molecule has 8 heteroatoms. The highest BCUT2D eigenvalue weighted by molar-refractivity contribution is 7.99. The van der Waals surface area contributed by atoms with Gasteiger partial charge in [0.05, 0.1) is 4.88 Å². The first-order valence-electron chi connectivity index (χ1n) is 5.42. The molecule has 1 aromatic heterocycles. The summed E-state index contributed by atoms with van der Waals surface area (Å²) in [5, 5.41) is 0. The Bertz CT molecular complexity index is 552. The minimum atomic E-state index is -3.40. The van der Waals surface area contributed by atoms with Crippen LogP contribution in [-0.2, 0) is 10.0 Å². The molecule has 1 fully saturated rings. The van der Waals surface area contributed by atoms with Crippen molar-refractivity contribution in [2.45, 2.75) is 17.2 Å². The average Bonchev–Trinajstić information content (AvgIpc) is 2.79. The van der Waals surface area contributed by atoms with E-state index in [0.717, 1.165) is 22.8 Å². The lowest BCUT2D eigenvalue weighted by molar-refractivity contribution is 0.368. The molecule has 0 saturated carbocycles. The van der Waals surface area contributed by atoms with Gasteiger partial charge in [0.1, 0.15) is 9.20 Å². The molecule has 1 unspecified atom stereocenters. The van der Waals surface area contributed by atoms with Gasteiger partial charge in [-0.15, -0.1) is 11.3 Å². The molecular weight excluding hydrogens is 308 g/mol. The third-order valence-corrected chi connectivity index (χ3v) is 7.83. The maximum atomic E-state index is 12.5. The van der Waals surface area contributed by atoms with Crippen molar-refractivity contribution in [2.75, 3.05) is 18.1 Å². The zero-order valence-corrected chi connectivity index (χ0v) is 13.1. The van der Waals surface area contributed by atoms with Crippen LogP contribution in [-0.4, -0.2) is 41.8 Å². The number of thioether (sulfide) groups is 1. The van der Waals surface area contributed by atoms with E-state index in [9.17, 15) is 8.42 Å². The number of nitrogens with two attached hydrogens (primary N) is 1. The summed E-state index contributed by atoms with van der Waals surface area (Å²) >= 11 is 7.78. The monoisotopic (exact) mass is 322 g/mol.